The number of urea groups is 1. The molecule has 144 valence electrons. The Balaban J connectivity index is 1.57. The average Bonchev–Trinajstić information content (AvgIpc) is 2.68. The van der Waals surface area contributed by atoms with Crippen molar-refractivity contribution in [1.82, 2.24) is 10.7 Å². The zero-order chi connectivity index (χ0) is 19.4. The van der Waals surface area contributed by atoms with Gasteiger partial charge in [0.25, 0.3) is 0 Å². The molecule has 6 N–H and O–H groups in total. The fraction of sp³-hybridized carbons (Fsp3) is 0.333. The third-order valence-corrected chi connectivity index (χ3v) is 4.32. The fourth-order valence-corrected chi connectivity index (χ4v) is 2.84. The Bertz CT molecular complexity index is 828. The number of aliphatic hydroxyl groups is 4. The number of benzene rings is 2. The minimum Gasteiger partial charge on any atom is -0.394 e. The molecule has 1 heterocycles. The Morgan fingerprint density at radius 1 is 1.07 bits per heavy atom. The van der Waals surface area contributed by atoms with E-state index >= 15 is 0 Å². The SMILES string of the molecule is O=C(N/N=C/c1ccc2ccccc2c1)N[C@@H]1O[C@H](CO)[C@@H](O)[C@H](O)[C@H]1O. The summed E-state index contributed by atoms with van der Waals surface area (Å²) in [6.07, 6.45) is -5.57. The minimum absolute atomic E-state index is 0.579. The normalized spacial score (nSPS) is 28.4. The first-order valence-electron chi connectivity index (χ1n) is 8.38. The number of nitrogens with zero attached hydrogens (tertiary/aromatic N) is 1. The number of fused-ring (bicyclic) bond motifs is 1. The van der Waals surface area contributed by atoms with E-state index in [1.54, 1.807) is 0 Å². The number of rotatable bonds is 4. The van der Waals surface area contributed by atoms with E-state index in [9.17, 15) is 20.1 Å². The van der Waals surface area contributed by atoms with Crippen LogP contribution in [0.4, 0.5) is 4.79 Å². The number of hydrogen-bond acceptors (Lipinski definition) is 7. The highest BCUT2D eigenvalue weighted by molar-refractivity contribution is 5.90. The largest absolute Gasteiger partial charge is 0.394 e. The van der Waals surface area contributed by atoms with E-state index in [0.717, 1.165) is 16.3 Å². The number of carbonyl (C=O) groups excluding carboxylic acids is 1. The van der Waals surface area contributed by atoms with E-state index in [1.165, 1.54) is 6.21 Å². The van der Waals surface area contributed by atoms with Crippen LogP contribution in [-0.2, 0) is 4.74 Å². The Morgan fingerprint density at radius 2 is 1.81 bits per heavy atom. The van der Waals surface area contributed by atoms with Crippen LogP contribution in [0.15, 0.2) is 47.6 Å². The van der Waals surface area contributed by atoms with Crippen molar-refractivity contribution in [2.45, 2.75) is 30.6 Å². The Kier molecular flexibility index (Phi) is 5.99. The molecule has 3 rings (SSSR count). The average molecular weight is 375 g/mol. The molecule has 0 aromatic heterocycles. The second-order valence-corrected chi connectivity index (χ2v) is 6.20. The first kappa shape index (κ1) is 19.2. The van der Waals surface area contributed by atoms with E-state index in [0.29, 0.717) is 0 Å². The minimum atomic E-state index is -1.57. The molecule has 0 saturated carbocycles. The molecule has 0 bridgehead atoms. The quantitative estimate of drug-likeness (QED) is 0.307. The van der Waals surface area contributed by atoms with E-state index in [1.807, 2.05) is 42.5 Å². The summed E-state index contributed by atoms with van der Waals surface area (Å²) in [5.41, 5.74) is 3.01. The van der Waals surface area contributed by atoms with Crippen molar-refractivity contribution >= 4 is 23.0 Å². The lowest BCUT2D eigenvalue weighted by Crippen LogP contribution is -2.63. The Morgan fingerprint density at radius 3 is 2.56 bits per heavy atom. The maximum atomic E-state index is 11.9. The lowest BCUT2D eigenvalue weighted by atomic mass is 9.98. The maximum Gasteiger partial charge on any atom is 0.337 e. The summed E-state index contributed by atoms with van der Waals surface area (Å²) in [6.45, 7) is -0.579. The smallest absolute Gasteiger partial charge is 0.337 e. The maximum absolute atomic E-state index is 11.9. The van der Waals surface area contributed by atoms with Gasteiger partial charge in [-0.3, -0.25) is 0 Å². The van der Waals surface area contributed by atoms with Gasteiger partial charge in [0.05, 0.1) is 12.8 Å². The lowest BCUT2D eigenvalue weighted by molar-refractivity contribution is -0.233. The number of hydrogen-bond donors (Lipinski definition) is 6. The highest BCUT2D eigenvalue weighted by Gasteiger charge is 2.43. The molecule has 2 aromatic carbocycles. The molecule has 2 amide bonds. The van der Waals surface area contributed by atoms with Gasteiger partial charge in [-0.05, 0) is 22.4 Å². The molecule has 0 unspecified atom stereocenters. The summed E-state index contributed by atoms with van der Waals surface area (Å²) in [7, 11) is 0. The van der Waals surface area contributed by atoms with Crippen LogP contribution in [0.1, 0.15) is 5.56 Å². The van der Waals surface area contributed by atoms with Crippen molar-refractivity contribution in [2.75, 3.05) is 6.61 Å². The number of aliphatic hydroxyl groups excluding tert-OH is 4. The molecule has 1 aliphatic heterocycles. The van der Waals surface area contributed by atoms with E-state index in [-0.39, 0.29) is 0 Å². The first-order chi connectivity index (χ1) is 13.0. The van der Waals surface area contributed by atoms with Gasteiger partial charge >= 0.3 is 6.03 Å². The van der Waals surface area contributed by atoms with Gasteiger partial charge in [0, 0.05) is 0 Å². The van der Waals surface area contributed by atoms with Crippen LogP contribution in [0, 0.1) is 0 Å². The van der Waals surface area contributed by atoms with Gasteiger partial charge in [-0.25, -0.2) is 10.2 Å². The van der Waals surface area contributed by atoms with E-state index < -0.39 is 43.3 Å². The van der Waals surface area contributed by atoms with Crippen molar-refractivity contribution in [3.8, 4) is 0 Å². The molecule has 9 heteroatoms. The molecular weight excluding hydrogens is 354 g/mol. The van der Waals surface area contributed by atoms with Crippen LogP contribution < -0.4 is 10.7 Å². The fourth-order valence-electron chi connectivity index (χ4n) is 2.84. The molecular formula is C18H21N3O6. The van der Waals surface area contributed by atoms with Gasteiger partial charge < -0.3 is 30.5 Å². The summed E-state index contributed by atoms with van der Waals surface area (Å²) in [6, 6.07) is 12.7. The summed E-state index contributed by atoms with van der Waals surface area (Å²) in [5, 5.41) is 46.6. The van der Waals surface area contributed by atoms with Crippen LogP contribution >= 0.6 is 0 Å². The zero-order valence-electron chi connectivity index (χ0n) is 14.3. The van der Waals surface area contributed by atoms with Crippen molar-refractivity contribution in [1.29, 1.82) is 0 Å². The third-order valence-electron chi connectivity index (χ3n) is 4.32. The van der Waals surface area contributed by atoms with Gasteiger partial charge in [-0.2, -0.15) is 5.10 Å². The van der Waals surface area contributed by atoms with Gasteiger partial charge in [0.1, 0.15) is 24.4 Å². The topological polar surface area (TPSA) is 144 Å². The predicted molar refractivity (Wildman–Crippen MR) is 97.0 cm³/mol. The number of nitrogens with one attached hydrogen (secondary N) is 2. The van der Waals surface area contributed by atoms with Gasteiger partial charge in [-0.1, -0.05) is 36.4 Å². The van der Waals surface area contributed by atoms with E-state index in [2.05, 4.69) is 15.8 Å². The molecule has 1 saturated heterocycles. The molecule has 5 atom stereocenters. The molecule has 2 aromatic rings. The number of amides is 2. The highest BCUT2D eigenvalue weighted by Crippen LogP contribution is 2.19. The Labute approximate surface area is 154 Å². The molecule has 27 heavy (non-hydrogen) atoms. The van der Waals surface area contributed by atoms with Crippen LogP contribution in [-0.4, -0.2) is 69.9 Å². The van der Waals surface area contributed by atoms with Crippen molar-refractivity contribution in [2.24, 2.45) is 5.10 Å². The van der Waals surface area contributed by atoms with Crippen LogP contribution in [0.3, 0.4) is 0 Å². The van der Waals surface area contributed by atoms with Crippen LogP contribution in [0.2, 0.25) is 0 Å². The summed E-state index contributed by atoms with van der Waals surface area (Å²) >= 11 is 0. The van der Waals surface area contributed by atoms with Crippen LogP contribution in [0.5, 0.6) is 0 Å². The molecule has 0 radical (unpaired) electrons. The molecule has 1 fully saturated rings. The second-order valence-electron chi connectivity index (χ2n) is 6.20. The predicted octanol–water partition coefficient (Wildman–Crippen LogP) is -0.727. The zero-order valence-corrected chi connectivity index (χ0v) is 14.3. The van der Waals surface area contributed by atoms with Gasteiger partial charge in [0.2, 0.25) is 0 Å². The monoisotopic (exact) mass is 375 g/mol. The second kappa shape index (κ2) is 8.42. The number of carbonyl (C=O) groups is 1. The highest BCUT2D eigenvalue weighted by atomic mass is 16.6. The van der Waals surface area contributed by atoms with Crippen LogP contribution in [0.25, 0.3) is 10.8 Å². The standard InChI is InChI=1S/C18H21N3O6/c22-9-13-14(23)15(24)16(25)17(27-13)20-18(26)21-19-8-10-5-6-11-3-1-2-4-12(11)7-10/h1-8,13-17,22-25H,9H2,(H2,20,21,26)/b19-8+/t13-,14-,15+,16-,17-/m1/s1. The molecule has 1 aliphatic rings. The molecule has 9 nitrogen and oxygen atoms in total. The first-order valence-corrected chi connectivity index (χ1v) is 8.38. The van der Waals surface area contributed by atoms with E-state index in [4.69, 9.17) is 9.84 Å². The van der Waals surface area contributed by atoms with Crippen molar-refractivity contribution in [3.05, 3.63) is 48.0 Å². The van der Waals surface area contributed by atoms with Crippen molar-refractivity contribution < 1.29 is 30.0 Å². The van der Waals surface area contributed by atoms with Gasteiger partial charge in [-0.15, -0.1) is 0 Å². The molecule has 0 aliphatic carbocycles. The number of hydrazone groups is 1. The van der Waals surface area contributed by atoms with Crippen molar-refractivity contribution in [3.63, 3.8) is 0 Å². The summed E-state index contributed by atoms with van der Waals surface area (Å²) in [4.78, 5) is 11.9. The Hall–Kier alpha value is -2.56. The summed E-state index contributed by atoms with van der Waals surface area (Å²) < 4.78 is 5.18. The third kappa shape index (κ3) is 4.41. The summed E-state index contributed by atoms with van der Waals surface area (Å²) in [5.74, 6) is 0. The molecule has 0 spiro atoms. The lowest BCUT2D eigenvalue weighted by Gasteiger charge is -2.39. The van der Waals surface area contributed by atoms with Gasteiger partial charge in [0.15, 0.2) is 6.23 Å². The number of ether oxygens (including phenoxy) is 1.